The Morgan fingerprint density at radius 3 is 3.25 bits per heavy atom. The molecule has 0 aromatic rings. The molecule has 0 aromatic heterocycles. The molecule has 68 valence electrons. The van der Waals surface area contributed by atoms with Crippen molar-refractivity contribution >= 4 is 17.8 Å². The number of fused-ring (bicyclic) bond motifs is 1. The molecule has 2 rings (SSSR count). The molecule has 2 heterocycles. The lowest BCUT2D eigenvalue weighted by molar-refractivity contribution is -0.532. The van der Waals surface area contributed by atoms with Gasteiger partial charge in [0.25, 0.3) is 5.84 Å². The maximum absolute atomic E-state index is 11.0. The third kappa shape index (κ3) is 1.01. The first-order valence-corrected chi connectivity index (χ1v) is 4.50. The van der Waals surface area contributed by atoms with Gasteiger partial charge in [0.2, 0.25) is 0 Å². The first-order valence-electron chi connectivity index (χ1n) is 3.62. The summed E-state index contributed by atoms with van der Waals surface area (Å²) in [6, 6.07) is -0.205. The number of hydrazone groups is 1. The summed E-state index contributed by atoms with van der Waals surface area (Å²) in [6.45, 7) is 0.454. The first kappa shape index (κ1) is 7.96. The monoisotopic (exact) mass is 190 g/mol. The van der Waals surface area contributed by atoms with E-state index in [1.807, 2.05) is 0 Å². The SMILES string of the molecule is NC1=[N+]([O-])NCC2C(O)SNC12. The van der Waals surface area contributed by atoms with E-state index < -0.39 is 5.44 Å². The molecule has 3 unspecified atom stereocenters. The maximum Gasteiger partial charge on any atom is 0.288 e. The highest BCUT2D eigenvalue weighted by Gasteiger charge is 2.43. The molecular weight excluding hydrogens is 180 g/mol. The van der Waals surface area contributed by atoms with E-state index in [1.165, 1.54) is 11.9 Å². The summed E-state index contributed by atoms with van der Waals surface area (Å²) in [6.07, 6.45) is 0. The van der Waals surface area contributed by atoms with Gasteiger partial charge in [-0.1, -0.05) is 0 Å². The quantitative estimate of drug-likeness (QED) is 0.199. The van der Waals surface area contributed by atoms with E-state index in [0.717, 1.165) is 0 Å². The van der Waals surface area contributed by atoms with Crippen molar-refractivity contribution < 1.29 is 9.95 Å². The van der Waals surface area contributed by atoms with E-state index in [4.69, 9.17) is 5.73 Å². The molecular formula is C5H10N4O2S. The minimum absolute atomic E-state index is 0.0137. The standard InChI is InChI=1S/C5H10N4O2S/c6-4-3-2(1-7-9(4)11)5(10)12-8-3/h2-3,5,7-8,10H,1,6H2. The van der Waals surface area contributed by atoms with Gasteiger partial charge in [0.1, 0.15) is 11.5 Å². The van der Waals surface area contributed by atoms with Crippen LogP contribution in [-0.4, -0.2) is 33.8 Å². The maximum atomic E-state index is 11.0. The molecule has 0 aromatic carbocycles. The predicted octanol–water partition coefficient (Wildman–Crippen LogP) is -2.07. The van der Waals surface area contributed by atoms with Gasteiger partial charge in [-0.05, 0) is 11.9 Å². The Balaban J connectivity index is 2.23. The minimum atomic E-state index is -0.491. The van der Waals surface area contributed by atoms with Gasteiger partial charge in [0.05, 0.1) is 6.54 Å². The highest BCUT2D eigenvalue weighted by molar-refractivity contribution is 7.98. The summed E-state index contributed by atoms with van der Waals surface area (Å²) in [7, 11) is 0. The third-order valence-electron chi connectivity index (χ3n) is 2.13. The number of nitrogens with zero attached hydrogens (tertiary/aromatic N) is 1. The number of aliphatic hydroxyl groups excluding tert-OH is 1. The van der Waals surface area contributed by atoms with Crippen molar-refractivity contribution in [1.29, 1.82) is 0 Å². The Morgan fingerprint density at radius 1 is 1.75 bits per heavy atom. The molecule has 1 saturated heterocycles. The molecule has 1 fully saturated rings. The van der Waals surface area contributed by atoms with Crippen LogP contribution in [0.15, 0.2) is 0 Å². The van der Waals surface area contributed by atoms with Gasteiger partial charge in [-0.2, -0.15) is 4.85 Å². The Morgan fingerprint density at radius 2 is 2.50 bits per heavy atom. The molecule has 0 saturated carbocycles. The van der Waals surface area contributed by atoms with E-state index in [2.05, 4.69) is 10.1 Å². The van der Waals surface area contributed by atoms with Gasteiger partial charge in [0.15, 0.2) is 0 Å². The summed E-state index contributed by atoms with van der Waals surface area (Å²) in [5.41, 5.74) is 7.55. The number of nitrogens with two attached hydrogens (primary N) is 1. The molecule has 5 N–H and O–H groups in total. The number of hydrazine groups is 1. The van der Waals surface area contributed by atoms with Crippen molar-refractivity contribution in [3.8, 4) is 0 Å². The van der Waals surface area contributed by atoms with Crippen molar-refractivity contribution in [2.24, 2.45) is 11.7 Å². The van der Waals surface area contributed by atoms with Gasteiger partial charge in [-0.15, -0.1) is 0 Å². The predicted molar refractivity (Wildman–Crippen MR) is 44.8 cm³/mol. The van der Waals surface area contributed by atoms with E-state index in [-0.39, 0.29) is 17.8 Å². The molecule has 6 nitrogen and oxygen atoms in total. The van der Waals surface area contributed by atoms with Crippen LogP contribution in [0, 0.1) is 11.1 Å². The Labute approximate surface area is 73.5 Å². The summed E-state index contributed by atoms with van der Waals surface area (Å²) < 4.78 is 2.91. The highest BCUT2D eigenvalue weighted by atomic mass is 32.2. The zero-order valence-electron chi connectivity index (χ0n) is 6.23. The second-order valence-electron chi connectivity index (χ2n) is 2.85. The lowest BCUT2D eigenvalue weighted by atomic mass is 10.00. The first-order chi connectivity index (χ1) is 5.70. The number of amidine groups is 1. The number of aliphatic hydroxyl groups is 1. The zero-order chi connectivity index (χ0) is 8.72. The summed E-state index contributed by atoms with van der Waals surface area (Å²) >= 11 is 1.21. The Hall–Kier alpha value is -0.660. The van der Waals surface area contributed by atoms with Crippen LogP contribution in [0.2, 0.25) is 0 Å². The smallest absolute Gasteiger partial charge is 0.288 e. The number of nitrogens with one attached hydrogen (secondary N) is 2. The molecule has 0 radical (unpaired) electrons. The molecule has 7 heteroatoms. The van der Waals surface area contributed by atoms with E-state index in [1.54, 1.807) is 0 Å². The highest BCUT2D eigenvalue weighted by Crippen LogP contribution is 2.27. The van der Waals surface area contributed by atoms with Crippen LogP contribution in [0.3, 0.4) is 0 Å². The van der Waals surface area contributed by atoms with Crippen LogP contribution in [-0.2, 0) is 0 Å². The Bertz CT molecular complexity index is 233. The van der Waals surface area contributed by atoms with Crippen molar-refractivity contribution in [2.75, 3.05) is 6.54 Å². The van der Waals surface area contributed by atoms with Crippen molar-refractivity contribution in [1.82, 2.24) is 10.1 Å². The lowest BCUT2D eigenvalue weighted by Gasteiger charge is -2.27. The van der Waals surface area contributed by atoms with Crippen LogP contribution < -0.4 is 15.9 Å². The van der Waals surface area contributed by atoms with Crippen molar-refractivity contribution in [3.05, 3.63) is 5.21 Å². The lowest BCUT2D eigenvalue weighted by Crippen LogP contribution is -2.56. The summed E-state index contributed by atoms with van der Waals surface area (Å²) in [5, 5.41) is 20.4. The molecule has 3 atom stereocenters. The van der Waals surface area contributed by atoms with Gasteiger partial charge >= 0.3 is 0 Å². The molecule has 0 amide bonds. The van der Waals surface area contributed by atoms with Crippen LogP contribution >= 0.6 is 11.9 Å². The molecule has 0 spiro atoms. The second kappa shape index (κ2) is 2.68. The number of hydrogen-bond acceptors (Lipinski definition) is 6. The number of hydrogen-bond donors (Lipinski definition) is 4. The molecule has 0 bridgehead atoms. The third-order valence-corrected chi connectivity index (χ3v) is 3.12. The number of rotatable bonds is 0. The van der Waals surface area contributed by atoms with E-state index in [9.17, 15) is 10.3 Å². The van der Waals surface area contributed by atoms with Crippen LogP contribution in [0.5, 0.6) is 0 Å². The topological polar surface area (TPSA) is 96.4 Å². The zero-order valence-corrected chi connectivity index (χ0v) is 7.04. The molecule has 12 heavy (non-hydrogen) atoms. The average Bonchev–Trinajstić information content (AvgIpc) is 2.41. The fourth-order valence-corrected chi connectivity index (χ4v) is 2.40. The normalized spacial score (nSPS) is 40.9. The molecule has 0 aliphatic carbocycles. The van der Waals surface area contributed by atoms with Crippen LogP contribution in [0.1, 0.15) is 0 Å². The van der Waals surface area contributed by atoms with Gasteiger partial charge < -0.3 is 10.3 Å². The summed E-state index contributed by atoms with van der Waals surface area (Å²) in [5.74, 6) is 0.176. The van der Waals surface area contributed by atoms with Gasteiger partial charge in [0, 0.05) is 5.92 Å². The minimum Gasteiger partial charge on any atom is -0.693 e. The van der Waals surface area contributed by atoms with Crippen LogP contribution in [0.25, 0.3) is 0 Å². The fourth-order valence-electron chi connectivity index (χ4n) is 1.39. The largest absolute Gasteiger partial charge is 0.693 e. The second-order valence-corrected chi connectivity index (χ2v) is 3.80. The van der Waals surface area contributed by atoms with Gasteiger partial charge in [-0.3, -0.25) is 11.2 Å². The molecule has 2 aliphatic rings. The summed E-state index contributed by atoms with van der Waals surface area (Å²) in [4.78, 5) is 0.548. The van der Waals surface area contributed by atoms with Gasteiger partial charge in [-0.25, -0.2) is 4.72 Å². The van der Waals surface area contributed by atoms with E-state index >= 15 is 0 Å². The van der Waals surface area contributed by atoms with Crippen molar-refractivity contribution in [2.45, 2.75) is 11.5 Å². The van der Waals surface area contributed by atoms with E-state index in [0.29, 0.717) is 11.4 Å². The average molecular weight is 190 g/mol. The van der Waals surface area contributed by atoms with Crippen molar-refractivity contribution in [3.63, 3.8) is 0 Å². The Kier molecular flexibility index (Phi) is 1.78. The fraction of sp³-hybridized carbons (Fsp3) is 0.800. The van der Waals surface area contributed by atoms with Crippen LogP contribution in [0.4, 0.5) is 0 Å². The molecule has 2 aliphatic heterocycles.